The SMILES string of the molecule is Nc1ccc2c(c1)CC1(C2)OC(=O)Nc2ncccc21. The second-order valence-corrected chi connectivity index (χ2v) is 5.29. The summed E-state index contributed by atoms with van der Waals surface area (Å²) in [5.74, 6) is 0.588. The van der Waals surface area contributed by atoms with Crippen molar-refractivity contribution in [3.05, 3.63) is 53.2 Å². The number of rotatable bonds is 0. The van der Waals surface area contributed by atoms with Crippen LogP contribution >= 0.6 is 0 Å². The number of nitrogens with two attached hydrogens (primary N) is 1. The van der Waals surface area contributed by atoms with E-state index < -0.39 is 11.7 Å². The number of fused-ring (bicyclic) bond motifs is 3. The topological polar surface area (TPSA) is 77.2 Å². The van der Waals surface area contributed by atoms with Crippen molar-refractivity contribution in [3.63, 3.8) is 0 Å². The first-order valence-corrected chi connectivity index (χ1v) is 6.49. The first-order chi connectivity index (χ1) is 9.66. The van der Waals surface area contributed by atoms with Gasteiger partial charge in [0.1, 0.15) is 5.82 Å². The average Bonchev–Trinajstić information content (AvgIpc) is 2.76. The molecule has 20 heavy (non-hydrogen) atoms. The number of amides is 1. The minimum atomic E-state index is -0.651. The van der Waals surface area contributed by atoms with Crippen molar-refractivity contribution in [1.82, 2.24) is 4.98 Å². The van der Waals surface area contributed by atoms with Crippen LogP contribution in [-0.4, -0.2) is 11.1 Å². The molecule has 0 bridgehead atoms. The molecule has 1 aromatic heterocycles. The molecule has 1 atom stereocenters. The summed E-state index contributed by atoms with van der Waals surface area (Å²) in [7, 11) is 0. The van der Waals surface area contributed by atoms with Crippen LogP contribution < -0.4 is 11.1 Å². The molecule has 5 heteroatoms. The molecule has 3 N–H and O–H groups in total. The number of hydrogen-bond donors (Lipinski definition) is 2. The van der Waals surface area contributed by atoms with Gasteiger partial charge in [-0.2, -0.15) is 0 Å². The molecule has 1 unspecified atom stereocenters. The number of carbonyl (C=O) groups is 1. The highest BCUT2D eigenvalue weighted by Gasteiger charge is 2.47. The number of nitrogen functional groups attached to an aromatic ring is 1. The summed E-state index contributed by atoms with van der Waals surface area (Å²) >= 11 is 0. The number of ether oxygens (including phenoxy) is 1. The molecule has 1 aromatic carbocycles. The fraction of sp³-hybridized carbons (Fsp3) is 0.200. The lowest BCUT2D eigenvalue weighted by molar-refractivity contribution is 0.0194. The van der Waals surface area contributed by atoms with Crippen LogP contribution in [0.2, 0.25) is 0 Å². The number of carbonyl (C=O) groups excluding carboxylic acids is 1. The van der Waals surface area contributed by atoms with Gasteiger partial charge < -0.3 is 10.5 Å². The Balaban J connectivity index is 1.86. The van der Waals surface area contributed by atoms with Crippen molar-refractivity contribution < 1.29 is 9.53 Å². The number of anilines is 2. The van der Waals surface area contributed by atoms with E-state index in [2.05, 4.69) is 10.3 Å². The predicted molar refractivity (Wildman–Crippen MR) is 74.3 cm³/mol. The van der Waals surface area contributed by atoms with Crippen molar-refractivity contribution >= 4 is 17.6 Å². The summed E-state index contributed by atoms with van der Waals surface area (Å²) in [6, 6.07) is 9.65. The van der Waals surface area contributed by atoms with E-state index in [4.69, 9.17) is 10.5 Å². The fourth-order valence-electron chi connectivity index (χ4n) is 3.15. The Morgan fingerprint density at radius 3 is 3.00 bits per heavy atom. The summed E-state index contributed by atoms with van der Waals surface area (Å²) in [5.41, 5.74) is 9.15. The van der Waals surface area contributed by atoms with Gasteiger partial charge in [-0.25, -0.2) is 9.78 Å². The predicted octanol–water partition coefficient (Wildman–Crippen LogP) is 2.22. The van der Waals surface area contributed by atoms with Crippen LogP contribution in [0.1, 0.15) is 16.7 Å². The lowest BCUT2D eigenvalue weighted by Crippen LogP contribution is -2.40. The first-order valence-electron chi connectivity index (χ1n) is 6.49. The van der Waals surface area contributed by atoms with Gasteiger partial charge in [0, 0.05) is 30.3 Å². The first kappa shape index (κ1) is 11.3. The molecule has 0 radical (unpaired) electrons. The Morgan fingerprint density at radius 2 is 2.10 bits per heavy atom. The Labute approximate surface area is 115 Å². The van der Waals surface area contributed by atoms with E-state index in [0.717, 1.165) is 16.8 Å². The number of nitrogens with one attached hydrogen (secondary N) is 1. The maximum atomic E-state index is 11.8. The molecule has 0 fully saturated rings. The van der Waals surface area contributed by atoms with Gasteiger partial charge in [-0.1, -0.05) is 6.07 Å². The van der Waals surface area contributed by atoms with Crippen molar-refractivity contribution in [3.8, 4) is 0 Å². The van der Waals surface area contributed by atoms with E-state index in [-0.39, 0.29) is 0 Å². The molecule has 1 aliphatic carbocycles. The number of hydrogen-bond acceptors (Lipinski definition) is 4. The van der Waals surface area contributed by atoms with Crippen LogP contribution in [0.25, 0.3) is 0 Å². The summed E-state index contributed by atoms with van der Waals surface area (Å²) in [4.78, 5) is 16.0. The van der Waals surface area contributed by atoms with Crippen LogP contribution in [-0.2, 0) is 23.2 Å². The third-order valence-electron chi connectivity index (χ3n) is 3.99. The average molecular weight is 267 g/mol. The molecule has 4 rings (SSSR count). The van der Waals surface area contributed by atoms with E-state index in [9.17, 15) is 4.79 Å². The van der Waals surface area contributed by atoms with Gasteiger partial charge >= 0.3 is 6.09 Å². The third-order valence-corrected chi connectivity index (χ3v) is 3.99. The van der Waals surface area contributed by atoms with Gasteiger partial charge in [-0.3, -0.25) is 5.32 Å². The monoisotopic (exact) mass is 267 g/mol. The quantitative estimate of drug-likeness (QED) is 0.717. The van der Waals surface area contributed by atoms with Crippen LogP contribution in [0.15, 0.2) is 36.5 Å². The molecule has 0 saturated heterocycles. The lowest BCUT2D eigenvalue weighted by atomic mass is 9.90. The van der Waals surface area contributed by atoms with Crippen LogP contribution in [0, 0.1) is 0 Å². The molecule has 5 nitrogen and oxygen atoms in total. The smallest absolute Gasteiger partial charge is 0.413 e. The highest BCUT2D eigenvalue weighted by molar-refractivity contribution is 5.87. The van der Waals surface area contributed by atoms with E-state index in [1.54, 1.807) is 6.20 Å². The zero-order chi connectivity index (χ0) is 13.7. The van der Waals surface area contributed by atoms with E-state index in [1.165, 1.54) is 5.56 Å². The van der Waals surface area contributed by atoms with Gasteiger partial charge in [-0.15, -0.1) is 0 Å². The van der Waals surface area contributed by atoms with Crippen LogP contribution in [0.5, 0.6) is 0 Å². The second-order valence-electron chi connectivity index (χ2n) is 5.29. The zero-order valence-electron chi connectivity index (χ0n) is 10.7. The zero-order valence-corrected chi connectivity index (χ0v) is 10.7. The molecular formula is C15H13N3O2. The summed E-state index contributed by atoms with van der Waals surface area (Å²) < 4.78 is 5.65. The fourth-order valence-corrected chi connectivity index (χ4v) is 3.15. The summed E-state index contributed by atoms with van der Waals surface area (Å²) in [6.07, 6.45) is 2.52. The largest absolute Gasteiger partial charge is 0.437 e. The minimum Gasteiger partial charge on any atom is -0.437 e. The molecular weight excluding hydrogens is 254 g/mol. The van der Waals surface area contributed by atoms with E-state index >= 15 is 0 Å². The number of pyridine rings is 1. The number of nitrogens with zero attached hydrogens (tertiary/aromatic N) is 1. The van der Waals surface area contributed by atoms with Crippen molar-refractivity contribution in [2.24, 2.45) is 0 Å². The van der Waals surface area contributed by atoms with Gasteiger partial charge in [0.05, 0.1) is 0 Å². The Kier molecular flexibility index (Phi) is 2.10. The molecule has 2 aromatic rings. The molecule has 1 aliphatic heterocycles. The molecule has 0 saturated carbocycles. The highest BCUT2D eigenvalue weighted by Crippen LogP contribution is 2.45. The number of aromatic nitrogens is 1. The normalized spacial score (nSPS) is 22.9. The van der Waals surface area contributed by atoms with Gasteiger partial charge in [0.2, 0.25) is 0 Å². The Bertz CT molecular complexity index is 729. The van der Waals surface area contributed by atoms with Crippen molar-refractivity contribution in [2.45, 2.75) is 18.4 Å². The van der Waals surface area contributed by atoms with Gasteiger partial charge in [-0.05, 0) is 35.4 Å². The van der Waals surface area contributed by atoms with Crippen LogP contribution in [0.4, 0.5) is 16.3 Å². The standard InChI is InChI=1S/C15H13N3O2/c16-11-4-3-9-7-15(8-10(9)6-11)12-2-1-5-17-13(12)18-14(19)20-15/h1-6H,7-8,16H2,(H,17,18,19). The maximum Gasteiger partial charge on any atom is 0.413 e. The highest BCUT2D eigenvalue weighted by atomic mass is 16.6. The lowest BCUT2D eigenvalue weighted by Gasteiger charge is -2.34. The van der Waals surface area contributed by atoms with Crippen molar-refractivity contribution in [1.29, 1.82) is 0 Å². The maximum absolute atomic E-state index is 11.8. The van der Waals surface area contributed by atoms with E-state index in [1.807, 2.05) is 30.3 Å². The summed E-state index contributed by atoms with van der Waals surface area (Å²) in [5, 5.41) is 2.65. The molecule has 100 valence electrons. The minimum absolute atomic E-state index is 0.447. The second kappa shape index (κ2) is 3.72. The molecule has 1 amide bonds. The van der Waals surface area contributed by atoms with Crippen LogP contribution in [0.3, 0.4) is 0 Å². The molecule has 1 spiro atoms. The third kappa shape index (κ3) is 1.49. The van der Waals surface area contributed by atoms with Gasteiger partial charge in [0.15, 0.2) is 5.60 Å². The van der Waals surface area contributed by atoms with E-state index in [0.29, 0.717) is 18.7 Å². The van der Waals surface area contributed by atoms with Crippen molar-refractivity contribution in [2.75, 3.05) is 11.1 Å². The Hall–Kier alpha value is -2.56. The Morgan fingerprint density at radius 1 is 1.25 bits per heavy atom. The van der Waals surface area contributed by atoms with Gasteiger partial charge in [0.25, 0.3) is 0 Å². The number of benzene rings is 1. The molecule has 2 heterocycles. The molecule has 2 aliphatic rings. The summed E-state index contributed by atoms with van der Waals surface area (Å²) in [6.45, 7) is 0.